The van der Waals surface area contributed by atoms with Crippen molar-refractivity contribution < 1.29 is 9.69 Å². The Morgan fingerprint density at radius 1 is 1.23 bits per heavy atom. The van der Waals surface area contributed by atoms with Gasteiger partial charge in [-0.15, -0.1) is 0 Å². The molecule has 1 amide bonds. The average Bonchev–Trinajstić information content (AvgIpc) is 3.08. The van der Waals surface area contributed by atoms with Gasteiger partial charge < -0.3 is 15.2 Å². The number of benzene rings is 2. The molecule has 2 atom stereocenters. The van der Waals surface area contributed by atoms with Crippen LogP contribution in [0.15, 0.2) is 48.5 Å². The van der Waals surface area contributed by atoms with E-state index in [4.69, 9.17) is 4.98 Å². The maximum Gasteiger partial charge on any atom is 0.279 e. The molecule has 134 valence electrons. The van der Waals surface area contributed by atoms with Crippen molar-refractivity contribution in [1.29, 1.82) is 0 Å². The van der Waals surface area contributed by atoms with Crippen LogP contribution in [0.5, 0.6) is 0 Å². The van der Waals surface area contributed by atoms with E-state index in [0.717, 1.165) is 48.5 Å². The predicted molar refractivity (Wildman–Crippen MR) is 103 cm³/mol. The lowest BCUT2D eigenvalue weighted by molar-refractivity contribution is -0.898. The number of imidazole rings is 1. The maximum absolute atomic E-state index is 12.4. The quantitative estimate of drug-likeness (QED) is 0.677. The van der Waals surface area contributed by atoms with Crippen molar-refractivity contribution >= 4 is 22.6 Å². The number of likely N-dealkylation sites (tertiary alicyclic amines) is 1. The van der Waals surface area contributed by atoms with E-state index < -0.39 is 0 Å². The summed E-state index contributed by atoms with van der Waals surface area (Å²) in [6, 6.07) is 16.1. The SMILES string of the molecule is Cc1ccc(NC(=O)C[NH+]2CCC[C@@H](c3nc4ccccc4[nH]3)C2)cc1. The first-order valence-corrected chi connectivity index (χ1v) is 9.32. The number of H-pyrrole nitrogens is 1. The van der Waals surface area contributed by atoms with E-state index >= 15 is 0 Å². The maximum atomic E-state index is 12.4. The number of fused-ring (bicyclic) bond motifs is 1. The Hall–Kier alpha value is -2.66. The van der Waals surface area contributed by atoms with Crippen LogP contribution in [0.4, 0.5) is 5.69 Å². The number of carbonyl (C=O) groups excluding carboxylic acids is 1. The van der Waals surface area contributed by atoms with Gasteiger partial charge in [0, 0.05) is 5.69 Å². The number of hydrogen-bond donors (Lipinski definition) is 3. The summed E-state index contributed by atoms with van der Waals surface area (Å²) in [6.07, 6.45) is 2.25. The summed E-state index contributed by atoms with van der Waals surface area (Å²) in [5, 5.41) is 3.01. The number of carbonyl (C=O) groups is 1. The van der Waals surface area contributed by atoms with E-state index in [0.29, 0.717) is 12.5 Å². The van der Waals surface area contributed by atoms with Crippen molar-refractivity contribution in [3.8, 4) is 0 Å². The van der Waals surface area contributed by atoms with Crippen LogP contribution in [0.1, 0.15) is 30.1 Å². The number of aryl methyl sites for hydroxylation is 1. The summed E-state index contributed by atoms with van der Waals surface area (Å²) < 4.78 is 0. The van der Waals surface area contributed by atoms with Gasteiger partial charge >= 0.3 is 0 Å². The van der Waals surface area contributed by atoms with E-state index in [1.54, 1.807) is 0 Å². The number of para-hydroxylation sites is 2. The molecule has 4 rings (SSSR count). The Bertz CT molecular complexity index is 867. The second-order valence-corrected chi connectivity index (χ2v) is 7.27. The summed E-state index contributed by atoms with van der Waals surface area (Å²) in [4.78, 5) is 21.9. The fourth-order valence-electron chi connectivity index (χ4n) is 3.78. The molecule has 0 spiro atoms. The number of rotatable bonds is 4. The van der Waals surface area contributed by atoms with Gasteiger partial charge in [0.05, 0.1) is 30.0 Å². The lowest BCUT2D eigenvalue weighted by atomic mass is 9.97. The Kier molecular flexibility index (Phi) is 4.71. The number of nitrogens with one attached hydrogen (secondary N) is 3. The number of aromatic nitrogens is 2. The Balaban J connectivity index is 1.38. The van der Waals surface area contributed by atoms with Gasteiger partial charge in [-0.3, -0.25) is 4.79 Å². The van der Waals surface area contributed by atoms with E-state index in [-0.39, 0.29) is 5.91 Å². The average molecular weight is 349 g/mol. The molecular formula is C21H25N4O+. The zero-order valence-electron chi connectivity index (χ0n) is 15.1. The van der Waals surface area contributed by atoms with Crippen LogP contribution in [0, 0.1) is 6.92 Å². The van der Waals surface area contributed by atoms with Gasteiger partial charge in [-0.25, -0.2) is 4.98 Å². The molecular weight excluding hydrogens is 324 g/mol. The van der Waals surface area contributed by atoms with E-state index in [9.17, 15) is 4.79 Å². The van der Waals surface area contributed by atoms with Crippen molar-refractivity contribution in [2.24, 2.45) is 0 Å². The van der Waals surface area contributed by atoms with E-state index in [1.165, 1.54) is 10.5 Å². The first-order chi connectivity index (χ1) is 12.7. The molecule has 1 unspecified atom stereocenters. The van der Waals surface area contributed by atoms with Crippen LogP contribution in [0.2, 0.25) is 0 Å². The van der Waals surface area contributed by atoms with Gasteiger partial charge in [0.2, 0.25) is 0 Å². The highest BCUT2D eigenvalue weighted by molar-refractivity contribution is 5.91. The van der Waals surface area contributed by atoms with Gasteiger partial charge in [-0.05, 0) is 44.0 Å². The van der Waals surface area contributed by atoms with E-state index in [1.807, 2.05) is 49.4 Å². The highest BCUT2D eigenvalue weighted by Gasteiger charge is 2.28. The van der Waals surface area contributed by atoms with Gasteiger partial charge in [-0.2, -0.15) is 0 Å². The van der Waals surface area contributed by atoms with Crippen LogP contribution in [0.25, 0.3) is 11.0 Å². The fraction of sp³-hybridized carbons (Fsp3) is 0.333. The zero-order valence-corrected chi connectivity index (χ0v) is 15.1. The molecule has 0 bridgehead atoms. The molecule has 1 fully saturated rings. The Morgan fingerprint density at radius 2 is 2.04 bits per heavy atom. The minimum absolute atomic E-state index is 0.0779. The highest BCUT2D eigenvalue weighted by atomic mass is 16.2. The molecule has 5 heteroatoms. The van der Waals surface area contributed by atoms with Crippen molar-refractivity contribution in [3.05, 3.63) is 59.9 Å². The summed E-state index contributed by atoms with van der Waals surface area (Å²) in [6.45, 7) is 4.53. The molecule has 3 N–H and O–H groups in total. The van der Waals surface area contributed by atoms with Crippen LogP contribution >= 0.6 is 0 Å². The van der Waals surface area contributed by atoms with Gasteiger partial charge in [0.15, 0.2) is 6.54 Å². The molecule has 26 heavy (non-hydrogen) atoms. The Morgan fingerprint density at radius 3 is 2.85 bits per heavy atom. The largest absolute Gasteiger partial charge is 0.342 e. The minimum Gasteiger partial charge on any atom is -0.342 e. The molecule has 0 saturated carbocycles. The molecule has 5 nitrogen and oxygen atoms in total. The summed E-state index contributed by atoms with van der Waals surface area (Å²) in [7, 11) is 0. The predicted octanol–water partition coefficient (Wildman–Crippen LogP) is 2.27. The number of anilines is 1. The second-order valence-electron chi connectivity index (χ2n) is 7.27. The van der Waals surface area contributed by atoms with E-state index in [2.05, 4.69) is 16.4 Å². The summed E-state index contributed by atoms with van der Waals surface area (Å²) in [5.41, 5.74) is 4.17. The second kappa shape index (κ2) is 7.30. The van der Waals surface area contributed by atoms with Gasteiger partial charge in [0.25, 0.3) is 5.91 Å². The topological polar surface area (TPSA) is 62.2 Å². The first-order valence-electron chi connectivity index (χ1n) is 9.32. The van der Waals surface area contributed by atoms with Gasteiger partial charge in [-0.1, -0.05) is 29.8 Å². The monoisotopic (exact) mass is 349 g/mol. The first kappa shape index (κ1) is 16.8. The lowest BCUT2D eigenvalue weighted by Gasteiger charge is -2.28. The van der Waals surface area contributed by atoms with Crippen LogP contribution in [-0.4, -0.2) is 35.5 Å². The number of nitrogens with zero attached hydrogens (tertiary/aromatic N) is 1. The zero-order chi connectivity index (χ0) is 17.9. The smallest absolute Gasteiger partial charge is 0.279 e. The number of piperidine rings is 1. The highest BCUT2D eigenvalue weighted by Crippen LogP contribution is 2.22. The van der Waals surface area contributed by atoms with Gasteiger partial charge in [0.1, 0.15) is 5.82 Å². The van der Waals surface area contributed by atoms with Crippen molar-refractivity contribution in [1.82, 2.24) is 9.97 Å². The molecule has 2 heterocycles. The molecule has 1 saturated heterocycles. The number of quaternary nitrogens is 1. The number of hydrogen-bond acceptors (Lipinski definition) is 2. The molecule has 1 aliphatic rings. The summed E-state index contributed by atoms with van der Waals surface area (Å²) >= 11 is 0. The fourth-order valence-corrected chi connectivity index (χ4v) is 3.78. The van der Waals surface area contributed by atoms with Crippen LogP contribution in [0.3, 0.4) is 0 Å². The number of amides is 1. The third-order valence-electron chi connectivity index (χ3n) is 5.16. The molecule has 0 aliphatic carbocycles. The van der Waals surface area contributed by atoms with Crippen molar-refractivity contribution in [2.75, 3.05) is 25.0 Å². The molecule has 2 aromatic carbocycles. The third-order valence-corrected chi connectivity index (χ3v) is 5.16. The minimum atomic E-state index is 0.0779. The Labute approximate surface area is 153 Å². The normalized spacial score (nSPS) is 20.2. The molecule has 1 aromatic heterocycles. The van der Waals surface area contributed by atoms with Crippen molar-refractivity contribution in [2.45, 2.75) is 25.7 Å². The summed E-state index contributed by atoms with van der Waals surface area (Å²) in [5.74, 6) is 1.52. The van der Waals surface area contributed by atoms with Crippen LogP contribution in [-0.2, 0) is 4.79 Å². The van der Waals surface area contributed by atoms with Crippen LogP contribution < -0.4 is 10.2 Å². The molecule has 1 aliphatic heterocycles. The lowest BCUT2D eigenvalue weighted by Crippen LogP contribution is -3.14. The number of aromatic amines is 1. The molecule has 0 radical (unpaired) electrons. The molecule has 3 aromatic rings. The standard InChI is InChI=1S/C21H24N4O/c1-15-8-10-17(11-9-15)22-20(26)14-25-12-4-5-16(13-25)21-23-18-6-2-3-7-19(18)24-21/h2-3,6-11,16H,4-5,12-14H2,1H3,(H,22,26)(H,23,24)/p+1/t16-/m1/s1. The third kappa shape index (κ3) is 3.78. The van der Waals surface area contributed by atoms with Crippen molar-refractivity contribution in [3.63, 3.8) is 0 Å².